The normalized spacial score (nSPS) is 10.4. The van der Waals surface area contributed by atoms with Crippen molar-refractivity contribution in [2.75, 3.05) is 5.32 Å². The summed E-state index contributed by atoms with van der Waals surface area (Å²) in [6, 6.07) is 6.66. The molecule has 21 heavy (non-hydrogen) atoms. The topological polar surface area (TPSA) is 75.4 Å². The smallest absolute Gasteiger partial charge is 0.274 e. The number of aromatic hydroxyl groups is 1. The molecule has 0 heterocycles. The Hall–Kier alpha value is -2.15. The molecule has 0 unspecified atom stereocenters. The molecule has 5 nitrogen and oxygen atoms in total. The molecule has 7 heteroatoms. The predicted octanol–water partition coefficient (Wildman–Crippen LogP) is 4.12. The van der Waals surface area contributed by atoms with Gasteiger partial charge in [-0.25, -0.2) is 4.39 Å². The van der Waals surface area contributed by atoms with Gasteiger partial charge in [-0.1, -0.05) is 0 Å². The summed E-state index contributed by atoms with van der Waals surface area (Å²) >= 11 is 3.32. The van der Waals surface area contributed by atoms with Crippen molar-refractivity contribution in [3.8, 4) is 5.75 Å². The average molecular weight is 355 g/mol. The van der Waals surface area contributed by atoms with Gasteiger partial charge in [0.25, 0.3) is 5.69 Å². The van der Waals surface area contributed by atoms with Gasteiger partial charge < -0.3 is 10.4 Å². The van der Waals surface area contributed by atoms with Crippen LogP contribution in [0.15, 0.2) is 34.8 Å². The summed E-state index contributed by atoms with van der Waals surface area (Å²) in [5, 5.41) is 23.5. The number of phenols is 1. The molecule has 2 rings (SSSR count). The number of aryl methyl sites for hydroxylation is 1. The number of anilines is 1. The van der Waals surface area contributed by atoms with E-state index < -0.39 is 10.7 Å². The van der Waals surface area contributed by atoms with Crippen molar-refractivity contribution in [3.63, 3.8) is 0 Å². The SMILES string of the molecule is Cc1cc(Br)c(NCc2cc(F)ccc2O)cc1[N+](=O)[O-]. The molecule has 0 radical (unpaired) electrons. The number of phenolic OH excluding ortho intramolecular Hbond substituents is 1. The van der Waals surface area contributed by atoms with E-state index in [9.17, 15) is 19.6 Å². The zero-order valence-corrected chi connectivity index (χ0v) is 12.6. The highest BCUT2D eigenvalue weighted by molar-refractivity contribution is 9.10. The first-order chi connectivity index (χ1) is 9.88. The van der Waals surface area contributed by atoms with E-state index in [4.69, 9.17) is 0 Å². The molecule has 2 aromatic carbocycles. The van der Waals surface area contributed by atoms with Crippen molar-refractivity contribution in [2.24, 2.45) is 0 Å². The summed E-state index contributed by atoms with van der Waals surface area (Å²) in [7, 11) is 0. The van der Waals surface area contributed by atoms with Gasteiger partial charge in [-0.2, -0.15) is 0 Å². The Morgan fingerprint density at radius 3 is 2.76 bits per heavy atom. The maximum atomic E-state index is 13.1. The van der Waals surface area contributed by atoms with Gasteiger partial charge in [0.2, 0.25) is 0 Å². The van der Waals surface area contributed by atoms with Crippen molar-refractivity contribution in [1.29, 1.82) is 0 Å². The number of hydrogen-bond acceptors (Lipinski definition) is 4. The summed E-state index contributed by atoms with van der Waals surface area (Å²) in [6.07, 6.45) is 0. The van der Waals surface area contributed by atoms with Crippen LogP contribution in [-0.2, 0) is 6.54 Å². The van der Waals surface area contributed by atoms with Crippen molar-refractivity contribution in [3.05, 3.63) is 61.9 Å². The summed E-state index contributed by atoms with van der Waals surface area (Å²) in [5.74, 6) is -0.500. The Morgan fingerprint density at radius 2 is 2.10 bits per heavy atom. The molecule has 2 N–H and O–H groups in total. The second-order valence-corrected chi connectivity index (χ2v) is 5.36. The molecule has 0 aromatic heterocycles. The molecule has 110 valence electrons. The van der Waals surface area contributed by atoms with E-state index in [2.05, 4.69) is 21.2 Å². The standard InChI is InChI=1S/C14H12BrFN2O3/c1-8-4-11(15)12(6-13(8)18(20)21)17-7-9-5-10(16)2-3-14(9)19/h2-6,17,19H,7H2,1H3. The Bertz CT molecular complexity index is 707. The molecule has 0 aliphatic rings. The van der Waals surface area contributed by atoms with E-state index in [1.54, 1.807) is 13.0 Å². The van der Waals surface area contributed by atoms with Crippen LogP contribution >= 0.6 is 15.9 Å². The van der Waals surface area contributed by atoms with E-state index in [1.165, 1.54) is 18.2 Å². The van der Waals surface area contributed by atoms with E-state index in [1.807, 2.05) is 0 Å². The van der Waals surface area contributed by atoms with Gasteiger partial charge in [-0.05, 0) is 47.1 Å². The molecular weight excluding hydrogens is 343 g/mol. The summed E-state index contributed by atoms with van der Waals surface area (Å²) in [4.78, 5) is 10.5. The first-order valence-corrected chi connectivity index (χ1v) is 6.83. The van der Waals surface area contributed by atoms with Crippen molar-refractivity contribution >= 4 is 27.3 Å². The number of rotatable bonds is 4. The lowest BCUT2D eigenvalue weighted by atomic mass is 10.1. The largest absolute Gasteiger partial charge is 0.508 e. The summed E-state index contributed by atoms with van der Waals surface area (Å²) < 4.78 is 13.8. The van der Waals surface area contributed by atoms with Crippen LogP contribution in [-0.4, -0.2) is 10.0 Å². The Labute approximate surface area is 128 Å². The molecular formula is C14H12BrFN2O3. The molecule has 0 saturated heterocycles. The van der Waals surface area contributed by atoms with Gasteiger partial charge in [0.05, 0.1) is 10.6 Å². The monoisotopic (exact) mass is 354 g/mol. The number of hydrogen-bond donors (Lipinski definition) is 2. The van der Waals surface area contributed by atoms with Gasteiger partial charge in [0.1, 0.15) is 11.6 Å². The first kappa shape index (κ1) is 15.2. The third-order valence-electron chi connectivity index (χ3n) is 2.99. The Morgan fingerprint density at radius 1 is 1.38 bits per heavy atom. The second kappa shape index (κ2) is 6.09. The van der Waals surface area contributed by atoms with E-state index in [0.717, 1.165) is 6.07 Å². The summed E-state index contributed by atoms with van der Waals surface area (Å²) in [5.41, 5.74) is 1.39. The number of nitro benzene ring substituents is 1. The Balaban J connectivity index is 2.25. The molecule has 0 atom stereocenters. The van der Waals surface area contributed by atoms with Crippen molar-refractivity contribution in [1.82, 2.24) is 0 Å². The molecule has 0 amide bonds. The maximum absolute atomic E-state index is 13.1. The quantitative estimate of drug-likeness (QED) is 0.639. The maximum Gasteiger partial charge on any atom is 0.274 e. The average Bonchev–Trinajstić information content (AvgIpc) is 2.41. The molecule has 0 aliphatic heterocycles. The fourth-order valence-corrected chi connectivity index (χ4v) is 2.48. The van der Waals surface area contributed by atoms with E-state index >= 15 is 0 Å². The molecule has 2 aromatic rings. The highest BCUT2D eigenvalue weighted by Crippen LogP contribution is 2.31. The zero-order chi connectivity index (χ0) is 15.6. The lowest BCUT2D eigenvalue weighted by molar-refractivity contribution is -0.385. The number of nitrogens with one attached hydrogen (secondary N) is 1. The molecule has 0 fully saturated rings. The Kier molecular flexibility index (Phi) is 4.42. The summed E-state index contributed by atoms with van der Waals surface area (Å²) in [6.45, 7) is 1.79. The van der Waals surface area contributed by atoms with Gasteiger partial charge in [0.15, 0.2) is 0 Å². The highest BCUT2D eigenvalue weighted by atomic mass is 79.9. The van der Waals surface area contributed by atoms with E-state index in [-0.39, 0.29) is 18.0 Å². The van der Waals surface area contributed by atoms with Crippen LogP contribution in [0.3, 0.4) is 0 Å². The van der Waals surface area contributed by atoms with Gasteiger partial charge in [-0.15, -0.1) is 0 Å². The van der Waals surface area contributed by atoms with Crippen LogP contribution in [0.4, 0.5) is 15.8 Å². The first-order valence-electron chi connectivity index (χ1n) is 6.04. The minimum atomic E-state index is -0.466. The van der Waals surface area contributed by atoms with Crippen LogP contribution in [0.25, 0.3) is 0 Å². The fraction of sp³-hybridized carbons (Fsp3) is 0.143. The van der Waals surface area contributed by atoms with Crippen molar-refractivity contribution < 1.29 is 14.4 Å². The van der Waals surface area contributed by atoms with E-state index in [0.29, 0.717) is 21.3 Å². The third-order valence-corrected chi connectivity index (χ3v) is 3.65. The number of nitrogens with zero attached hydrogens (tertiary/aromatic N) is 1. The fourth-order valence-electron chi connectivity index (χ4n) is 1.88. The third kappa shape index (κ3) is 3.49. The number of nitro groups is 1. The van der Waals surface area contributed by atoms with Crippen LogP contribution < -0.4 is 5.32 Å². The molecule has 0 bridgehead atoms. The molecule has 0 saturated carbocycles. The minimum Gasteiger partial charge on any atom is -0.508 e. The van der Waals surface area contributed by atoms with Gasteiger partial charge in [-0.3, -0.25) is 10.1 Å². The van der Waals surface area contributed by atoms with Crippen molar-refractivity contribution in [2.45, 2.75) is 13.5 Å². The number of halogens is 2. The predicted molar refractivity (Wildman–Crippen MR) is 80.9 cm³/mol. The minimum absolute atomic E-state index is 0.0100. The molecule has 0 spiro atoms. The lowest BCUT2D eigenvalue weighted by Crippen LogP contribution is -2.02. The van der Waals surface area contributed by atoms with Gasteiger partial charge in [0, 0.05) is 28.2 Å². The van der Waals surface area contributed by atoms with Crippen LogP contribution in [0.5, 0.6) is 5.75 Å². The lowest BCUT2D eigenvalue weighted by Gasteiger charge is -2.11. The van der Waals surface area contributed by atoms with Crippen LogP contribution in [0.1, 0.15) is 11.1 Å². The van der Waals surface area contributed by atoms with Crippen LogP contribution in [0.2, 0.25) is 0 Å². The second-order valence-electron chi connectivity index (χ2n) is 4.50. The van der Waals surface area contributed by atoms with Gasteiger partial charge >= 0.3 is 0 Å². The van der Waals surface area contributed by atoms with Crippen LogP contribution in [0, 0.1) is 22.9 Å². The highest BCUT2D eigenvalue weighted by Gasteiger charge is 2.14. The zero-order valence-electron chi connectivity index (χ0n) is 11.1. The molecule has 0 aliphatic carbocycles. The number of benzene rings is 2.